The van der Waals surface area contributed by atoms with Gasteiger partial charge in [0.25, 0.3) is 0 Å². The summed E-state index contributed by atoms with van der Waals surface area (Å²) < 4.78 is 6.20. The van der Waals surface area contributed by atoms with E-state index in [2.05, 4.69) is 5.32 Å². The average molecular weight is 389 g/mol. The third-order valence-electron chi connectivity index (χ3n) is 3.27. The molecule has 6 heteroatoms. The highest BCUT2D eigenvalue weighted by Crippen LogP contribution is 2.23. The predicted octanol–water partition coefficient (Wildman–Crippen LogP) is 2.74. The van der Waals surface area contributed by atoms with Crippen molar-refractivity contribution in [2.75, 3.05) is 11.9 Å². The molecule has 2 atom stereocenters. The van der Waals surface area contributed by atoms with E-state index in [-0.39, 0.29) is 23.5 Å². The second-order valence-electron chi connectivity index (χ2n) is 4.93. The molecular formula is C14H16INO4. The molecule has 0 aliphatic carbocycles. The van der Waals surface area contributed by atoms with Crippen molar-refractivity contribution in [3.8, 4) is 0 Å². The monoisotopic (exact) mass is 389 g/mol. The Kier molecular flexibility index (Phi) is 4.98. The molecule has 0 spiro atoms. The molecule has 5 nitrogen and oxygen atoms in total. The van der Waals surface area contributed by atoms with Crippen molar-refractivity contribution in [1.29, 1.82) is 0 Å². The van der Waals surface area contributed by atoms with Gasteiger partial charge in [-0.05, 0) is 60.6 Å². The van der Waals surface area contributed by atoms with Gasteiger partial charge < -0.3 is 15.2 Å². The third-order valence-corrected chi connectivity index (χ3v) is 3.89. The molecule has 1 saturated heterocycles. The molecule has 1 aromatic carbocycles. The number of hydrogen-bond acceptors (Lipinski definition) is 3. The predicted molar refractivity (Wildman–Crippen MR) is 82.9 cm³/mol. The highest BCUT2D eigenvalue weighted by molar-refractivity contribution is 14.1. The minimum absolute atomic E-state index is 0.0708. The molecule has 20 heavy (non-hydrogen) atoms. The number of anilines is 1. The number of carbonyl (C=O) groups excluding carboxylic acids is 1. The van der Waals surface area contributed by atoms with E-state index in [0.717, 1.165) is 3.57 Å². The lowest BCUT2D eigenvalue weighted by Crippen LogP contribution is -2.32. The fraction of sp³-hybridized carbons (Fsp3) is 0.429. The largest absolute Gasteiger partial charge is 0.478 e. The molecule has 1 aliphatic rings. The topological polar surface area (TPSA) is 75.6 Å². The maximum Gasteiger partial charge on any atom is 0.335 e. The summed E-state index contributed by atoms with van der Waals surface area (Å²) >= 11 is 2.03. The van der Waals surface area contributed by atoms with Crippen molar-refractivity contribution in [1.82, 2.24) is 0 Å². The van der Waals surface area contributed by atoms with Crippen LogP contribution in [-0.2, 0) is 9.53 Å². The van der Waals surface area contributed by atoms with Crippen LogP contribution < -0.4 is 5.32 Å². The average Bonchev–Trinajstić information content (AvgIpc) is 2.37. The molecule has 1 amide bonds. The fourth-order valence-corrected chi connectivity index (χ4v) is 2.94. The highest BCUT2D eigenvalue weighted by Gasteiger charge is 2.25. The number of nitrogens with one attached hydrogen (secondary N) is 1. The first-order chi connectivity index (χ1) is 9.45. The second kappa shape index (κ2) is 6.53. The van der Waals surface area contributed by atoms with Gasteiger partial charge in [0.2, 0.25) is 5.91 Å². The number of aromatic carboxylic acids is 1. The molecular weight excluding hydrogens is 373 g/mol. The number of carbonyl (C=O) groups is 2. The molecule has 1 aromatic rings. The van der Waals surface area contributed by atoms with Crippen molar-refractivity contribution in [2.24, 2.45) is 5.92 Å². The Morgan fingerprint density at radius 2 is 2.15 bits per heavy atom. The Hall–Kier alpha value is -1.15. The van der Waals surface area contributed by atoms with Crippen LogP contribution >= 0.6 is 22.6 Å². The van der Waals surface area contributed by atoms with E-state index in [9.17, 15) is 9.59 Å². The van der Waals surface area contributed by atoms with Crippen LogP contribution in [0.5, 0.6) is 0 Å². The molecule has 2 N–H and O–H groups in total. The van der Waals surface area contributed by atoms with Gasteiger partial charge in [-0.1, -0.05) is 0 Å². The normalized spacial score (nSPS) is 22.3. The Morgan fingerprint density at radius 1 is 1.40 bits per heavy atom. The van der Waals surface area contributed by atoms with Crippen LogP contribution in [0.3, 0.4) is 0 Å². The summed E-state index contributed by atoms with van der Waals surface area (Å²) in [5.74, 6) is -1.15. The number of benzene rings is 1. The lowest BCUT2D eigenvalue weighted by molar-refractivity contribution is -0.124. The Labute approximate surface area is 130 Å². The van der Waals surface area contributed by atoms with E-state index in [1.54, 1.807) is 12.1 Å². The summed E-state index contributed by atoms with van der Waals surface area (Å²) in [6.45, 7) is 2.54. The van der Waals surface area contributed by atoms with Gasteiger partial charge in [-0.25, -0.2) is 4.79 Å². The molecule has 1 fully saturated rings. The number of carboxylic acids is 1. The van der Waals surface area contributed by atoms with E-state index in [4.69, 9.17) is 9.84 Å². The number of carboxylic acid groups (broad SMARTS) is 1. The molecule has 2 unspecified atom stereocenters. The fourth-order valence-electron chi connectivity index (χ4n) is 2.27. The third kappa shape index (κ3) is 3.92. The first-order valence-electron chi connectivity index (χ1n) is 6.42. The number of hydrogen-bond donors (Lipinski definition) is 2. The van der Waals surface area contributed by atoms with Gasteiger partial charge in [0, 0.05) is 21.8 Å². The smallest absolute Gasteiger partial charge is 0.335 e. The van der Waals surface area contributed by atoms with Gasteiger partial charge in [-0.15, -0.1) is 0 Å². The van der Waals surface area contributed by atoms with E-state index in [1.807, 2.05) is 29.5 Å². The lowest BCUT2D eigenvalue weighted by atomic mass is 9.95. The molecule has 0 aromatic heterocycles. The zero-order valence-corrected chi connectivity index (χ0v) is 13.2. The number of halogens is 1. The Bertz CT molecular complexity index is 532. The van der Waals surface area contributed by atoms with Crippen molar-refractivity contribution in [2.45, 2.75) is 25.9 Å². The summed E-state index contributed by atoms with van der Waals surface area (Å²) in [4.78, 5) is 23.2. The molecule has 0 saturated carbocycles. The zero-order chi connectivity index (χ0) is 14.7. The van der Waals surface area contributed by atoms with Gasteiger partial charge in [0.05, 0.1) is 11.7 Å². The van der Waals surface area contributed by atoms with Crippen LogP contribution in [0.25, 0.3) is 0 Å². The SMILES string of the molecule is CC1CC(C(=O)Nc2cc(I)cc(C(=O)O)c2)CCO1. The molecule has 0 radical (unpaired) electrons. The van der Waals surface area contributed by atoms with E-state index >= 15 is 0 Å². The van der Waals surface area contributed by atoms with Crippen molar-refractivity contribution in [3.05, 3.63) is 27.3 Å². The van der Waals surface area contributed by atoms with Crippen LogP contribution in [0.15, 0.2) is 18.2 Å². The van der Waals surface area contributed by atoms with E-state index in [0.29, 0.717) is 25.1 Å². The van der Waals surface area contributed by atoms with Gasteiger partial charge in [-0.2, -0.15) is 0 Å². The zero-order valence-electron chi connectivity index (χ0n) is 11.1. The van der Waals surface area contributed by atoms with Gasteiger partial charge >= 0.3 is 5.97 Å². The minimum atomic E-state index is -1.00. The van der Waals surface area contributed by atoms with Crippen molar-refractivity contribution in [3.63, 3.8) is 0 Å². The Balaban J connectivity index is 2.09. The van der Waals surface area contributed by atoms with Gasteiger partial charge in [-0.3, -0.25) is 4.79 Å². The summed E-state index contributed by atoms with van der Waals surface area (Å²) in [5.41, 5.74) is 0.700. The minimum Gasteiger partial charge on any atom is -0.478 e. The van der Waals surface area contributed by atoms with E-state index < -0.39 is 5.97 Å². The summed E-state index contributed by atoms with van der Waals surface area (Å²) in [6.07, 6.45) is 1.48. The van der Waals surface area contributed by atoms with Crippen LogP contribution in [0, 0.1) is 9.49 Å². The molecule has 1 heterocycles. The summed E-state index contributed by atoms with van der Waals surface area (Å²) in [5, 5.41) is 11.8. The summed E-state index contributed by atoms with van der Waals surface area (Å²) in [7, 11) is 0. The standard InChI is InChI=1S/C14H16INO4/c1-8-4-9(2-3-20-8)13(17)16-12-6-10(14(18)19)5-11(15)7-12/h5-9H,2-4H2,1H3,(H,16,17)(H,18,19). The molecule has 0 bridgehead atoms. The van der Waals surface area contributed by atoms with E-state index in [1.165, 1.54) is 6.07 Å². The highest BCUT2D eigenvalue weighted by atomic mass is 127. The van der Waals surface area contributed by atoms with Crippen LogP contribution in [-0.4, -0.2) is 29.7 Å². The first-order valence-corrected chi connectivity index (χ1v) is 7.50. The quantitative estimate of drug-likeness (QED) is 0.780. The van der Waals surface area contributed by atoms with Crippen LogP contribution in [0.1, 0.15) is 30.1 Å². The Morgan fingerprint density at radius 3 is 2.80 bits per heavy atom. The lowest BCUT2D eigenvalue weighted by Gasteiger charge is -2.26. The van der Waals surface area contributed by atoms with Crippen LogP contribution in [0.4, 0.5) is 5.69 Å². The van der Waals surface area contributed by atoms with Gasteiger partial charge in [0.15, 0.2) is 0 Å². The maximum atomic E-state index is 12.2. The molecule has 108 valence electrons. The van der Waals surface area contributed by atoms with Gasteiger partial charge in [0.1, 0.15) is 0 Å². The second-order valence-corrected chi connectivity index (χ2v) is 6.17. The summed E-state index contributed by atoms with van der Waals surface area (Å²) in [6, 6.07) is 4.80. The number of rotatable bonds is 3. The maximum absolute atomic E-state index is 12.2. The van der Waals surface area contributed by atoms with Crippen LogP contribution in [0.2, 0.25) is 0 Å². The number of amides is 1. The molecule has 1 aliphatic heterocycles. The van der Waals surface area contributed by atoms with Crippen molar-refractivity contribution >= 4 is 40.2 Å². The van der Waals surface area contributed by atoms with Crippen molar-refractivity contribution < 1.29 is 19.4 Å². The first kappa shape index (κ1) is 15.2. The number of ether oxygens (including phenoxy) is 1. The molecule has 2 rings (SSSR count).